The third-order valence-corrected chi connectivity index (χ3v) is 4.07. The van der Waals surface area contributed by atoms with Crippen molar-refractivity contribution in [3.8, 4) is 28.8 Å². The summed E-state index contributed by atoms with van der Waals surface area (Å²) < 4.78 is 10.9. The van der Waals surface area contributed by atoms with E-state index in [1.807, 2.05) is 13.0 Å². The van der Waals surface area contributed by atoms with Gasteiger partial charge in [0.25, 0.3) is 5.56 Å². The van der Waals surface area contributed by atoms with Crippen LogP contribution in [0.2, 0.25) is 5.02 Å². The highest BCUT2D eigenvalue weighted by Gasteiger charge is 2.19. The average Bonchev–Trinajstić information content (AvgIpc) is 2.59. The predicted molar refractivity (Wildman–Crippen MR) is 94.1 cm³/mol. The lowest BCUT2D eigenvalue weighted by Gasteiger charge is -2.14. The molecule has 1 N–H and O–H groups in total. The molecule has 6 nitrogen and oxygen atoms in total. The van der Waals surface area contributed by atoms with E-state index in [0.29, 0.717) is 33.8 Å². The number of methoxy groups -OCH3 is 1. The van der Waals surface area contributed by atoms with E-state index < -0.39 is 5.56 Å². The number of nitrogens with zero attached hydrogens (tertiary/aromatic N) is 2. The van der Waals surface area contributed by atoms with Crippen LogP contribution >= 0.6 is 23.4 Å². The molecule has 8 heteroatoms. The zero-order chi connectivity index (χ0) is 17.7. The van der Waals surface area contributed by atoms with Gasteiger partial charge in [-0.3, -0.25) is 4.79 Å². The number of aromatic amines is 1. The average molecular weight is 366 g/mol. The monoisotopic (exact) mass is 365 g/mol. The fourth-order valence-corrected chi connectivity index (χ4v) is 2.67. The summed E-state index contributed by atoms with van der Waals surface area (Å²) in [7, 11) is 1.51. The molecule has 0 saturated carbocycles. The van der Waals surface area contributed by atoms with Crippen LogP contribution in [0.4, 0.5) is 0 Å². The molecule has 0 unspecified atom stereocenters. The Labute approximate surface area is 148 Å². The molecule has 1 aromatic carbocycles. The van der Waals surface area contributed by atoms with Gasteiger partial charge in [-0.2, -0.15) is 5.26 Å². The van der Waals surface area contributed by atoms with Gasteiger partial charge < -0.3 is 14.5 Å². The molecule has 0 aliphatic rings. The number of hydrogen-bond donors (Lipinski definition) is 1. The van der Waals surface area contributed by atoms with Crippen LogP contribution < -0.4 is 15.0 Å². The number of nitriles is 1. The molecule has 0 bridgehead atoms. The normalized spacial score (nSPS) is 10.3. The topological polar surface area (TPSA) is 88.0 Å². The largest absolute Gasteiger partial charge is 0.493 e. The van der Waals surface area contributed by atoms with E-state index in [0.717, 1.165) is 6.42 Å². The van der Waals surface area contributed by atoms with E-state index in [4.69, 9.17) is 21.1 Å². The van der Waals surface area contributed by atoms with E-state index in [-0.39, 0.29) is 11.3 Å². The van der Waals surface area contributed by atoms with Crippen LogP contribution in [-0.2, 0) is 0 Å². The fourth-order valence-electron chi connectivity index (χ4n) is 2.05. The number of nitrogens with one attached hydrogen (secondary N) is 1. The van der Waals surface area contributed by atoms with Crippen molar-refractivity contribution in [3.05, 3.63) is 33.1 Å². The van der Waals surface area contributed by atoms with Gasteiger partial charge in [0.05, 0.1) is 24.4 Å². The zero-order valence-corrected chi connectivity index (χ0v) is 15.0. The minimum absolute atomic E-state index is 0.0982. The second kappa shape index (κ2) is 8.08. The third kappa shape index (κ3) is 3.66. The van der Waals surface area contributed by atoms with Gasteiger partial charge in [-0.1, -0.05) is 30.3 Å². The number of rotatable bonds is 6. The maximum absolute atomic E-state index is 12.1. The number of H-pyrrole nitrogens is 1. The minimum Gasteiger partial charge on any atom is -0.493 e. The van der Waals surface area contributed by atoms with Crippen molar-refractivity contribution >= 4 is 23.4 Å². The van der Waals surface area contributed by atoms with Gasteiger partial charge in [-0.15, -0.1) is 0 Å². The molecule has 0 saturated heterocycles. The second-order valence-electron chi connectivity index (χ2n) is 4.74. The summed E-state index contributed by atoms with van der Waals surface area (Å²) in [6.45, 7) is 2.51. The lowest BCUT2D eigenvalue weighted by molar-refractivity contribution is 0.294. The number of thioether (sulfide) groups is 1. The summed E-state index contributed by atoms with van der Waals surface area (Å²) in [5, 5.41) is 10.0. The van der Waals surface area contributed by atoms with Crippen LogP contribution in [0.5, 0.6) is 11.5 Å². The molecule has 1 heterocycles. The first kappa shape index (κ1) is 18.2. The van der Waals surface area contributed by atoms with Crippen molar-refractivity contribution in [3.63, 3.8) is 0 Å². The van der Waals surface area contributed by atoms with Crippen molar-refractivity contribution in [1.82, 2.24) is 9.97 Å². The third-order valence-electron chi connectivity index (χ3n) is 3.17. The van der Waals surface area contributed by atoms with Crippen molar-refractivity contribution in [2.45, 2.75) is 18.5 Å². The molecule has 0 radical (unpaired) electrons. The van der Waals surface area contributed by atoms with E-state index in [1.165, 1.54) is 18.9 Å². The van der Waals surface area contributed by atoms with Gasteiger partial charge in [0.1, 0.15) is 11.6 Å². The van der Waals surface area contributed by atoms with Gasteiger partial charge >= 0.3 is 0 Å². The lowest BCUT2D eigenvalue weighted by Crippen LogP contribution is -2.14. The Kier molecular flexibility index (Phi) is 6.12. The van der Waals surface area contributed by atoms with E-state index in [2.05, 4.69) is 9.97 Å². The maximum atomic E-state index is 12.1. The molecule has 0 fully saturated rings. The van der Waals surface area contributed by atoms with Gasteiger partial charge in [0.2, 0.25) is 0 Å². The van der Waals surface area contributed by atoms with Crippen LogP contribution in [-0.4, -0.2) is 29.9 Å². The highest BCUT2D eigenvalue weighted by Crippen LogP contribution is 2.38. The van der Waals surface area contributed by atoms with Gasteiger partial charge in [0.15, 0.2) is 16.7 Å². The summed E-state index contributed by atoms with van der Waals surface area (Å²) in [6, 6.07) is 5.11. The lowest BCUT2D eigenvalue weighted by atomic mass is 10.1. The number of ether oxygens (including phenoxy) is 2. The number of benzene rings is 1. The summed E-state index contributed by atoms with van der Waals surface area (Å²) >= 11 is 7.61. The quantitative estimate of drug-likeness (QED) is 0.622. The van der Waals surface area contributed by atoms with Crippen molar-refractivity contribution in [1.29, 1.82) is 5.26 Å². The predicted octanol–water partition coefficient (Wildman–Crippen LogP) is 3.48. The highest BCUT2D eigenvalue weighted by molar-refractivity contribution is 7.98. The molecule has 0 atom stereocenters. The second-order valence-corrected chi connectivity index (χ2v) is 5.94. The van der Waals surface area contributed by atoms with Crippen LogP contribution in [0.25, 0.3) is 11.3 Å². The smallest absolute Gasteiger partial charge is 0.270 e. The first-order valence-electron chi connectivity index (χ1n) is 7.14. The Balaban J connectivity index is 2.67. The van der Waals surface area contributed by atoms with Crippen molar-refractivity contribution in [2.75, 3.05) is 20.0 Å². The molecule has 0 spiro atoms. The minimum atomic E-state index is -0.506. The maximum Gasteiger partial charge on any atom is 0.270 e. The zero-order valence-electron chi connectivity index (χ0n) is 13.5. The van der Waals surface area contributed by atoms with Gasteiger partial charge in [0, 0.05) is 11.6 Å². The Hall–Kier alpha value is -2.17. The molecule has 2 rings (SSSR count). The summed E-state index contributed by atoms with van der Waals surface area (Å²) in [5.41, 5.74) is 0.0541. The van der Waals surface area contributed by atoms with E-state index in [9.17, 15) is 10.1 Å². The highest BCUT2D eigenvalue weighted by atomic mass is 35.5. The molecule has 0 aliphatic heterocycles. The first-order valence-corrected chi connectivity index (χ1v) is 8.75. The van der Waals surface area contributed by atoms with E-state index in [1.54, 1.807) is 18.4 Å². The number of hydrogen-bond acceptors (Lipinski definition) is 6. The van der Waals surface area contributed by atoms with Gasteiger partial charge in [-0.25, -0.2) is 4.98 Å². The molecule has 2 aromatic rings. The van der Waals surface area contributed by atoms with Gasteiger partial charge in [-0.05, 0) is 18.7 Å². The Bertz CT molecular complexity index is 846. The Morgan fingerprint density at radius 2 is 2.17 bits per heavy atom. The Morgan fingerprint density at radius 1 is 1.42 bits per heavy atom. The molecule has 24 heavy (non-hydrogen) atoms. The van der Waals surface area contributed by atoms with Crippen molar-refractivity contribution < 1.29 is 9.47 Å². The van der Waals surface area contributed by atoms with Crippen molar-refractivity contribution in [2.24, 2.45) is 0 Å². The van der Waals surface area contributed by atoms with Crippen LogP contribution in [0.3, 0.4) is 0 Å². The Morgan fingerprint density at radius 3 is 2.75 bits per heavy atom. The van der Waals surface area contributed by atoms with Crippen LogP contribution in [0.1, 0.15) is 18.9 Å². The summed E-state index contributed by atoms with van der Waals surface area (Å²) in [4.78, 5) is 18.9. The first-order chi connectivity index (χ1) is 11.5. The SMILES string of the molecule is CCCOc1cc(Cl)c(-c2nc(SC)[nH]c(=O)c2C#N)cc1OC. The number of halogens is 1. The summed E-state index contributed by atoms with van der Waals surface area (Å²) in [6.07, 6.45) is 2.62. The number of aromatic nitrogens is 2. The molecule has 0 amide bonds. The molecular formula is C16H16ClN3O3S. The van der Waals surface area contributed by atoms with Crippen LogP contribution in [0, 0.1) is 11.3 Å². The molecule has 0 aliphatic carbocycles. The summed E-state index contributed by atoms with van der Waals surface area (Å²) in [5.74, 6) is 0.959. The molecule has 1 aromatic heterocycles. The fraction of sp³-hybridized carbons (Fsp3) is 0.312. The standard InChI is InChI=1S/C16H16ClN3O3S/c1-4-5-23-13-7-11(17)9(6-12(13)22-2)14-10(8-18)15(21)20-16(19-14)24-3/h6-7H,4-5H2,1-3H3,(H,19,20,21). The van der Waals surface area contributed by atoms with Crippen LogP contribution in [0.15, 0.2) is 22.1 Å². The molecule has 126 valence electrons. The van der Waals surface area contributed by atoms with E-state index >= 15 is 0 Å². The molecular weight excluding hydrogens is 350 g/mol.